The molecule has 4 N–H and O–H groups in total. The first-order valence-electron chi connectivity index (χ1n) is 15.0. The van der Waals surface area contributed by atoms with Crippen LogP contribution in [0.3, 0.4) is 0 Å². The molecule has 2 aliphatic carbocycles. The molecule has 0 heterocycles. The molecule has 0 unspecified atom stereocenters. The van der Waals surface area contributed by atoms with Gasteiger partial charge in [-0.15, -0.1) is 0 Å². The first kappa shape index (κ1) is 36.0. The Bertz CT molecular complexity index is 1350. The van der Waals surface area contributed by atoms with Gasteiger partial charge in [-0.05, 0) is 95.9 Å². The zero-order valence-electron chi connectivity index (χ0n) is 25.6. The van der Waals surface area contributed by atoms with Crippen LogP contribution in [0.15, 0.2) is 24.3 Å². The van der Waals surface area contributed by atoms with Gasteiger partial charge in [0.1, 0.15) is 0 Å². The van der Waals surface area contributed by atoms with E-state index in [1.807, 2.05) is 0 Å². The molecule has 258 valence electrons. The molecule has 0 saturated heterocycles. The normalized spacial score (nSPS) is 17.9. The lowest BCUT2D eigenvalue weighted by molar-refractivity contribution is -0.429. The van der Waals surface area contributed by atoms with Gasteiger partial charge in [0, 0.05) is 22.5 Å². The van der Waals surface area contributed by atoms with Gasteiger partial charge in [-0.25, -0.2) is 0 Å². The first-order valence-corrected chi connectivity index (χ1v) is 15.0. The summed E-state index contributed by atoms with van der Waals surface area (Å²) in [6.45, 7) is 5.67. The van der Waals surface area contributed by atoms with E-state index in [9.17, 15) is 0 Å². The third-order valence-corrected chi connectivity index (χ3v) is 9.52. The molecule has 0 amide bonds. The number of nitrogen functional groups attached to an aromatic ring is 2. The van der Waals surface area contributed by atoms with Crippen molar-refractivity contribution in [1.82, 2.24) is 0 Å². The van der Waals surface area contributed by atoms with Crippen molar-refractivity contribution in [1.29, 1.82) is 0 Å². The second-order valence-corrected chi connectivity index (χ2v) is 13.1. The van der Waals surface area contributed by atoms with Gasteiger partial charge < -0.3 is 11.5 Å². The maximum absolute atomic E-state index is 15.4. The standard InChI is InChI=1S/C32H36F12N2/c1-15(2)21-11-19(13-23(25(21)45)17-7-5-8-17)27(33,34)29(37,38)31(41,42)32(43,44)30(39,40)28(35,36)20-12-22(16(3)4)26(46)24(14-20)18-9-6-10-18/h11-18H,5-10,45-46H2,1-4H3. The highest BCUT2D eigenvalue weighted by Crippen LogP contribution is 2.64. The molecule has 0 bridgehead atoms. The van der Waals surface area contributed by atoms with E-state index in [4.69, 9.17) is 11.5 Å². The molecular formula is C32H36F12N2. The molecule has 0 atom stereocenters. The highest BCUT2D eigenvalue weighted by atomic mass is 19.4. The zero-order valence-corrected chi connectivity index (χ0v) is 25.6. The summed E-state index contributed by atoms with van der Waals surface area (Å²) in [4.78, 5) is 0. The van der Waals surface area contributed by atoms with E-state index in [-0.39, 0.29) is 33.6 Å². The zero-order chi connectivity index (χ0) is 35.0. The second kappa shape index (κ2) is 11.4. The lowest BCUT2D eigenvalue weighted by Gasteiger charge is -2.42. The maximum atomic E-state index is 15.4. The molecule has 2 fully saturated rings. The lowest BCUT2D eigenvalue weighted by atomic mass is 9.76. The van der Waals surface area contributed by atoms with E-state index >= 15 is 52.7 Å². The van der Waals surface area contributed by atoms with Gasteiger partial charge in [0.25, 0.3) is 0 Å². The minimum atomic E-state index is -7.70. The fourth-order valence-corrected chi connectivity index (χ4v) is 5.98. The molecular weight excluding hydrogens is 640 g/mol. The summed E-state index contributed by atoms with van der Waals surface area (Å²) in [6, 6.07) is 1.37. The van der Waals surface area contributed by atoms with E-state index in [0.717, 1.165) is 0 Å². The van der Waals surface area contributed by atoms with Gasteiger partial charge in [-0.3, -0.25) is 0 Å². The third-order valence-electron chi connectivity index (χ3n) is 9.52. The second-order valence-electron chi connectivity index (χ2n) is 13.1. The Kier molecular flexibility index (Phi) is 8.95. The van der Waals surface area contributed by atoms with Crippen LogP contribution in [0, 0.1) is 0 Å². The quantitative estimate of drug-likeness (QED) is 0.184. The van der Waals surface area contributed by atoms with E-state index in [0.29, 0.717) is 62.8 Å². The Morgan fingerprint density at radius 3 is 1.00 bits per heavy atom. The number of anilines is 2. The Balaban J connectivity index is 1.82. The highest BCUT2D eigenvalue weighted by Gasteiger charge is 2.90. The monoisotopic (exact) mass is 676 g/mol. The summed E-state index contributed by atoms with van der Waals surface area (Å²) in [7, 11) is 0. The largest absolute Gasteiger partial charge is 0.398 e. The summed E-state index contributed by atoms with van der Waals surface area (Å²) in [5, 5.41) is 0. The molecule has 0 radical (unpaired) electrons. The van der Waals surface area contributed by atoms with Crippen LogP contribution in [0.2, 0.25) is 0 Å². The molecule has 0 aromatic heterocycles. The van der Waals surface area contributed by atoms with Crippen molar-refractivity contribution in [2.75, 3.05) is 11.5 Å². The van der Waals surface area contributed by atoms with E-state index in [1.165, 1.54) is 27.7 Å². The highest BCUT2D eigenvalue weighted by molar-refractivity contribution is 5.61. The van der Waals surface area contributed by atoms with E-state index in [2.05, 4.69) is 0 Å². The first-order chi connectivity index (χ1) is 20.9. The Morgan fingerprint density at radius 1 is 0.500 bits per heavy atom. The number of alkyl halides is 12. The fraction of sp³-hybridized carbons (Fsp3) is 0.625. The third kappa shape index (κ3) is 5.11. The summed E-state index contributed by atoms with van der Waals surface area (Å²) in [5.41, 5.74) is 7.51. The van der Waals surface area contributed by atoms with Crippen LogP contribution in [0.1, 0.15) is 123 Å². The number of nitrogens with two attached hydrogens (primary N) is 2. The van der Waals surface area contributed by atoms with Crippen LogP contribution in [0.4, 0.5) is 64.1 Å². The molecule has 2 nitrogen and oxygen atoms in total. The number of hydrogen-bond donors (Lipinski definition) is 2. The van der Waals surface area contributed by atoms with Gasteiger partial charge in [0.05, 0.1) is 0 Å². The molecule has 2 saturated carbocycles. The average Bonchev–Trinajstić information content (AvgIpc) is 2.87. The SMILES string of the molecule is CC(C)c1cc(C(F)(F)C(F)(F)C(F)(F)C(F)(F)C(F)(F)C(F)(F)c2cc(C(C)C)c(N)c(C3CCC3)c2)cc(C2CCC2)c1N. The van der Waals surface area contributed by atoms with Crippen LogP contribution >= 0.6 is 0 Å². The number of benzene rings is 2. The van der Waals surface area contributed by atoms with Gasteiger partial charge in [-0.2, -0.15) is 52.7 Å². The predicted octanol–water partition coefficient (Wildman–Crippen LogP) is 11.1. The number of rotatable bonds is 11. The van der Waals surface area contributed by atoms with Crippen LogP contribution in [0.25, 0.3) is 0 Å². The van der Waals surface area contributed by atoms with E-state index in [1.54, 1.807) is 0 Å². The molecule has 0 spiro atoms. The molecule has 4 rings (SSSR count). The molecule has 46 heavy (non-hydrogen) atoms. The lowest BCUT2D eigenvalue weighted by Crippen LogP contribution is -2.69. The van der Waals surface area contributed by atoms with Crippen LogP contribution in [0.5, 0.6) is 0 Å². The van der Waals surface area contributed by atoms with Crippen molar-refractivity contribution in [2.45, 2.75) is 125 Å². The molecule has 2 aromatic carbocycles. The summed E-state index contributed by atoms with van der Waals surface area (Å²) in [5.74, 6) is -44.9. The molecule has 2 aliphatic rings. The number of hydrogen-bond acceptors (Lipinski definition) is 2. The van der Waals surface area contributed by atoms with Gasteiger partial charge in [0.15, 0.2) is 0 Å². The Labute approximate surface area is 258 Å². The fourth-order valence-electron chi connectivity index (χ4n) is 5.98. The van der Waals surface area contributed by atoms with Crippen molar-refractivity contribution in [3.8, 4) is 0 Å². The summed E-state index contributed by atoms with van der Waals surface area (Å²) < 4.78 is 183. The van der Waals surface area contributed by atoms with Crippen molar-refractivity contribution in [3.05, 3.63) is 57.6 Å². The molecule has 0 aliphatic heterocycles. The summed E-state index contributed by atoms with van der Waals surface area (Å²) >= 11 is 0. The minimum absolute atomic E-state index is 0.0867. The van der Waals surface area contributed by atoms with Crippen molar-refractivity contribution in [2.24, 2.45) is 0 Å². The minimum Gasteiger partial charge on any atom is -0.398 e. The predicted molar refractivity (Wildman–Crippen MR) is 151 cm³/mol. The van der Waals surface area contributed by atoms with Crippen LogP contribution in [-0.4, -0.2) is 23.7 Å². The molecule has 14 heteroatoms. The van der Waals surface area contributed by atoms with Crippen LogP contribution in [-0.2, 0) is 11.8 Å². The topological polar surface area (TPSA) is 52.0 Å². The van der Waals surface area contributed by atoms with Crippen molar-refractivity contribution in [3.63, 3.8) is 0 Å². The number of halogens is 12. The van der Waals surface area contributed by atoms with Crippen molar-refractivity contribution < 1.29 is 52.7 Å². The summed E-state index contributed by atoms with van der Waals surface area (Å²) in [6.07, 6.45) is 2.76. The Hall–Kier alpha value is -2.80. The van der Waals surface area contributed by atoms with Crippen molar-refractivity contribution >= 4 is 11.4 Å². The van der Waals surface area contributed by atoms with Gasteiger partial charge in [-0.1, -0.05) is 40.5 Å². The average molecular weight is 677 g/mol. The molecule has 2 aromatic rings. The van der Waals surface area contributed by atoms with Gasteiger partial charge >= 0.3 is 35.5 Å². The van der Waals surface area contributed by atoms with Crippen LogP contribution < -0.4 is 11.5 Å². The smallest absolute Gasteiger partial charge is 0.385 e. The van der Waals surface area contributed by atoms with E-state index < -0.39 is 70.3 Å². The van der Waals surface area contributed by atoms with Gasteiger partial charge in [0.2, 0.25) is 0 Å². The Morgan fingerprint density at radius 2 is 0.783 bits per heavy atom. The maximum Gasteiger partial charge on any atom is 0.385 e.